The van der Waals surface area contributed by atoms with Crippen molar-refractivity contribution < 1.29 is 4.43 Å². The molecule has 0 N–H and O–H groups in total. The summed E-state index contributed by atoms with van der Waals surface area (Å²) in [5.41, 5.74) is 2.61. The lowest BCUT2D eigenvalue weighted by atomic mass is 10.1. The van der Waals surface area contributed by atoms with Gasteiger partial charge in [0.1, 0.15) is 0 Å². The standard InChI is InChI=1S/C15H25BrOSi/c1-12-9-7-8-10-13(12)14(11-16)17-18(5,6)15(2,3)4/h7-10,14H,11H2,1-6H3. The van der Waals surface area contributed by atoms with Crippen molar-refractivity contribution in [2.24, 2.45) is 0 Å². The minimum atomic E-state index is -1.72. The third-order valence-corrected chi connectivity index (χ3v) is 8.99. The van der Waals surface area contributed by atoms with Gasteiger partial charge in [0.15, 0.2) is 8.32 Å². The number of halogens is 1. The minimum Gasteiger partial charge on any atom is -0.409 e. The molecule has 18 heavy (non-hydrogen) atoms. The fourth-order valence-corrected chi connectivity index (χ4v) is 3.66. The van der Waals surface area contributed by atoms with E-state index in [0.29, 0.717) is 0 Å². The van der Waals surface area contributed by atoms with Crippen LogP contribution in [0.1, 0.15) is 38.0 Å². The van der Waals surface area contributed by atoms with Crippen molar-refractivity contribution in [2.45, 2.75) is 51.9 Å². The van der Waals surface area contributed by atoms with Gasteiger partial charge in [-0.1, -0.05) is 61.0 Å². The summed E-state index contributed by atoms with van der Waals surface area (Å²) in [7, 11) is -1.72. The highest BCUT2D eigenvalue weighted by Gasteiger charge is 2.39. The highest BCUT2D eigenvalue weighted by atomic mass is 79.9. The van der Waals surface area contributed by atoms with Crippen molar-refractivity contribution in [1.82, 2.24) is 0 Å². The Kier molecular flexibility index (Phi) is 5.21. The summed E-state index contributed by atoms with van der Waals surface area (Å²) < 4.78 is 6.51. The van der Waals surface area contributed by atoms with Crippen molar-refractivity contribution in [3.05, 3.63) is 35.4 Å². The van der Waals surface area contributed by atoms with Crippen molar-refractivity contribution in [2.75, 3.05) is 5.33 Å². The van der Waals surface area contributed by atoms with E-state index in [1.807, 2.05) is 0 Å². The molecule has 0 fully saturated rings. The van der Waals surface area contributed by atoms with Gasteiger partial charge in [0.25, 0.3) is 0 Å². The summed E-state index contributed by atoms with van der Waals surface area (Å²) in [4.78, 5) is 0. The average Bonchev–Trinajstić information content (AvgIpc) is 2.25. The van der Waals surface area contributed by atoms with E-state index in [1.54, 1.807) is 0 Å². The summed E-state index contributed by atoms with van der Waals surface area (Å²) >= 11 is 3.60. The summed E-state index contributed by atoms with van der Waals surface area (Å²) in [5, 5.41) is 1.10. The predicted molar refractivity (Wildman–Crippen MR) is 86.0 cm³/mol. The maximum absolute atomic E-state index is 6.51. The van der Waals surface area contributed by atoms with Crippen LogP contribution in [0.4, 0.5) is 0 Å². The molecule has 1 aromatic carbocycles. The zero-order chi connectivity index (χ0) is 14.0. The molecule has 0 aromatic heterocycles. The van der Waals surface area contributed by atoms with E-state index in [4.69, 9.17) is 4.43 Å². The maximum Gasteiger partial charge on any atom is 0.192 e. The molecule has 0 bridgehead atoms. The first-order valence-corrected chi connectivity index (χ1v) is 10.5. The Labute approximate surface area is 121 Å². The second-order valence-electron chi connectivity index (χ2n) is 6.38. The first-order chi connectivity index (χ1) is 8.19. The van der Waals surface area contributed by atoms with Crippen LogP contribution in [0, 0.1) is 6.92 Å². The fourth-order valence-electron chi connectivity index (χ4n) is 1.66. The third kappa shape index (κ3) is 3.69. The SMILES string of the molecule is Cc1ccccc1C(CBr)O[Si](C)(C)C(C)(C)C. The van der Waals surface area contributed by atoms with Gasteiger partial charge in [0, 0.05) is 5.33 Å². The molecule has 1 aromatic rings. The number of hydrogen-bond acceptors (Lipinski definition) is 1. The average molecular weight is 329 g/mol. The molecule has 1 nitrogen and oxygen atoms in total. The Morgan fingerprint density at radius 3 is 2.22 bits per heavy atom. The first-order valence-electron chi connectivity index (χ1n) is 6.48. The van der Waals surface area contributed by atoms with Crippen LogP contribution in [0.5, 0.6) is 0 Å². The zero-order valence-electron chi connectivity index (χ0n) is 12.4. The van der Waals surface area contributed by atoms with Gasteiger partial charge < -0.3 is 4.43 Å². The van der Waals surface area contributed by atoms with E-state index in [0.717, 1.165) is 5.33 Å². The third-order valence-electron chi connectivity index (χ3n) is 3.92. The summed E-state index contributed by atoms with van der Waals surface area (Å²) in [6.45, 7) is 13.6. The quantitative estimate of drug-likeness (QED) is 0.527. The number of alkyl halides is 1. The van der Waals surface area contributed by atoms with Crippen molar-refractivity contribution in [1.29, 1.82) is 0 Å². The Balaban J connectivity index is 2.97. The predicted octanol–water partition coefficient (Wildman–Crippen LogP) is 5.45. The molecule has 0 aliphatic rings. The monoisotopic (exact) mass is 328 g/mol. The lowest BCUT2D eigenvalue weighted by Gasteiger charge is -2.39. The summed E-state index contributed by atoms with van der Waals surface area (Å²) in [6.07, 6.45) is 0.159. The van der Waals surface area contributed by atoms with Crippen LogP contribution in [0.15, 0.2) is 24.3 Å². The van der Waals surface area contributed by atoms with E-state index in [1.165, 1.54) is 11.1 Å². The molecule has 3 heteroatoms. The smallest absolute Gasteiger partial charge is 0.192 e. The van der Waals surface area contributed by atoms with E-state index < -0.39 is 8.32 Å². The van der Waals surface area contributed by atoms with Gasteiger partial charge in [-0.2, -0.15) is 0 Å². The van der Waals surface area contributed by atoms with Gasteiger partial charge in [-0.25, -0.2) is 0 Å². The van der Waals surface area contributed by atoms with Gasteiger partial charge in [0.05, 0.1) is 6.10 Å². The molecule has 0 aliphatic heterocycles. The summed E-state index contributed by atoms with van der Waals surface area (Å²) in [5.74, 6) is 0. The fraction of sp³-hybridized carbons (Fsp3) is 0.600. The van der Waals surface area contributed by atoms with Gasteiger partial charge >= 0.3 is 0 Å². The van der Waals surface area contributed by atoms with Gasteiger partial charge in [-0.05, 0) is 36.2 Å². The molecule has 102 valence electrons. The highest BCUT2D eigenvalue weighted by Crippen LogP contribution is 2.40. The van der Waals surface area contributed by atoms with Gasteiger partial charge in [-0.15, -0.1) is 0 Å². The Bertz CT molecular complexity index is 396. The minimum absolute atomic E-state index is 0.159. The Morgan fingerprint density at radius 1 is 1.22 bits per heavy atom. The first kappa shape index (κ1) is 15.9. The molecule has 0 saturated carbocycles. The van der Waals surface area contributed by atoms with Crippen LogP contribution >= 0.6 is 15.9 Å². The highest BCUT2D eigenvalue weighted by molar-refractivity contribution is 9.09. The molecule has 0 radical (unpaired) electrons. The number of hydrogen-bond donors (Lipinski definition) is 0. The van der Waals surface area contributed by atoms with Crippen LogP contribution in [0.2, 0.25) is 18.1 Å². The van der Waals surface area contributed by atoms with Crippen LogP contribution in [0.25, 0.3) is 0 Å². The second kappa shape index (κ2) is 5.89. The van der Waals surface area contributed by atoms with Crippen LogP contribution < -0.4 is 0 Å². The van der Waals surface area contributed by atoms with Crippen LogP contribution in [0.3, 0.4) is 0 Å². The molecule has 1 unspecified atom stereocenters. The van der Waals surface area contributed by atoms with Crippen LogP contribution in [-0.2, 0) is 4.43 Å². The van der Waals surface area contributed by atoms with E-state index in [9.17, 15) is 0 Å². The van der Waals surface area contributed by atoms with E-state index in [-0.39, 0.29) is 11.1 Å². The topological polar surface area (TPSA) is 9.23 Å². The normalized spacial score (nSPS) is 14.6. The molecule has 0 spiro atoms. The van der Waals surface area contributed by atoms with Crippen LogP contribution in [-0.4, -0.2) is 13.6 Å². The molecular weight excluding hydrogens is 304 g/mol. The van der Waals surface area contributed by atoms with Crippen molar-refractivity contribution >= 4 is 24.2 Å². The molecule has 0 aliphatic carbocycles. The lowest BCUT2D eigenvalue weighted by molar-refractivity contribution is 0.208. The number of aryl methyl sites for hydroxylation is 1. The second-order valence-corrected chi connectivity index (χ2v) is 11.8. The maximum atomic E-state index is 6.51. The zero-order valence-corrected chi connectivity index (χ0v) is 15.0. The molecule has 0 amide bonds. The van der Waals surface area contributed by atoms with Crippen molar-refractivity contribution in [3.8, 4) is 0 Å². The van der Waals surface area contributed by atoms with E-state index in [2.05, 4.69) is 81.0 Å². The molecular formula is C15H25BrOSi. The summed E-state index contributed by atoms with van der Waals surface area (Å²) in [6, 6.07) is 8.50. The number of benzene rings is 1. The largest absolute Gasteiger partial charge is 0.409 e. The molecule has 0 heterocycles. The van der Waals surface area contributed by atoms with E-state index >= 15 is 0 Å². The Hall–Kier alpha value is -0.123. The van der Waals surface area contributed by atoms with Crippen molar-refractivity contribution in [3.63, 3.8) is 0 Å². The lowest BCUT2D eigenvalue weighted by Crippen LogP contribution is -2.42. The molecule has 1 atom stereocenters. The molecule has 1 rings (SSSR count). The van der Waals surface area contributed by atoms with Gasteiger partial charge in [0.2, 0.25) is 0 Å². The Morgan fingerprint density at radius 2 is 1.78 bits per heavy atom. The van der Waals surface area contributed by atoms with Gasteiger partial charge in [-0.3, -0.25) is 0 Å². The molecule has 0 saturated heterocycles. The number of rotatable bonds is 4.